The monoisotopic (exact) mass is 288 g/mol. The van der Waals surface area contributed by atoms with E-state index in [4.69, 9.17) is 9.26 Å². The van der Waals surface area contributed by atoms with Crippen LogP contribution in [0.3, 0.4) is 0 Å². The second-order valence-electron chi connectivity index (χ2n) is 5.48. The predicted molar refractivity (Wildman–Crippen MR) is 79.2 cm³/mol. The van der Waals surface area contributed by atoms with Gasteiger partial charge in [-0.1, -0.05) is 5.16 Å². The minimum atomic E-state index is 0.274. The lowest BCUT2D eigenvalue weighted by Crippen LogP contribution is -2.35. The third kappa shape index (κ3) is 3.09. The molecule has 0 saturated carbocycles. The van der Waals surface area contributed by atoms with Crippen molar-refractivity contribution < 1.29 is 14.4 Å². The number of aryl methyl sites for hydroxylation is 2. The Morgan fingerprint density at radius 3 is 2.62 bits per heavy atom. The first-order valence-electron chi connectivity index (χ1n) is 7.20. The van der Waals surface area contributed by atoms with Crippen LogP contribution in [0.2, 0.25) is 0 Å². The van der Waals surface area contributed by atoms with Crippen LogP contribution in [0.15, 0.2) is 22.7 Å². The van der Waals surface area contributed by atoms with Gasteiger partial charge in [-0.3, -0.25) is 4.90 Å². The van der Waals surface area contributed by atoms with Crippen molar-refractivity contribution in [1.82, 2.24) is 10.1 Å². The predicted octanol–water partition coefficient (Wildman–Crippen LogP) is 2.50. The molecule has 1 saturated heterocycles. The number of morpholine rings is 1. The van der Waals surface area contributed by atoms with E-state index >= 15 is 0 Å². The molecule has 1 N–H and O–H groups in total. The van der Waals surface area contributed by atoms with Crippen molar-refractivity contribution in [2.24, 2.45) is 0 Å². The zero-order chi connectivity index (χ0) is 14.8. The van der Waals surface area contributed by atoms with Crippen molar-refractivity contribution in [1.29, 1.82) is 0 Å². The molecule has 3 rings (SSSR count). The quantitative estimate of drug-likeness (QED) is 0.940. The molecule has 1 aliphatic heterocycles. The first kappa shape index (κ1) is 14.1. The highest BCUT2D eigenvalue weighted by molar-refractivity contribution is 5.69. The molecule has 0 spiro atoms. The van der Waals surface area contributed by atoms with Gasteiger partial charge in [-0.2, -0.15) is 0 Å². The fraction of sp³-hybridized carbons (Fsp3) is 0.438. The summed E-state index contributed by atoms with van der Waals surface area (Å²) in [5.74, 6) is 1.05. The molecular formula is C16H20N2O3. The van der Waals surface area contributed by atoms with E-state index in [1.807, 2.05) is 19.9 Å². The molecule has 0 bridgehead atoms. The van der Waals surface area contributed by atoms with Crippen molar-refractivity contribution >= 4 is 0 Å². The maximum atomic E-state index is 10.0. The van der Waals surface area contributed by atoms with Crippen LogP contribution in [-0.2, 0) is 11.3 Å². The normalized spacial score (nSPS) is 16.3. The van der Waals surface area contributed by atoms with Gasteiger partial charge in [0.2, 0.25) is 0 Å². The number of aromatic hydroxyl groups is 1. The summed E-state index contributed by atoms with van der Waals surface area (Å²) in [6, 6.07) is 5.67. The minimum Gasteiger partial charge on any atom is -0.508 e. The lowest BCUT2D eigenvalue weighted by atomic mass is 10.0. The molecule has 2 aromatic rings. The number of nitrogens with zero attached hydrogens (tertiary/aromatic N) is 2. The van der Waals surface area contributed by atoms with E-state index in [1.54, 1.807) is 6.07 Å². The van der Waals surface area contributed by atoms with Gasteiger partial charge in [0, 0.05) is 25.2 Å². The number of aromatic nitrogens is 1. The van der Waals surface area contributed by atoms with Crippen molar-refractivity contribution in [2.75, 3.05) is 26.3 Å². The third-order valence-electron chi connectivity index (χ3n) is 3.81. The molecular weight excluding hydrogens is 268 g/mol. The number of phenolic OH excluding ortho intramolecular Hbond substituents is 1. The molecule has 1 aromatic carbocycles. The Balaban J connectivity index is 1.89. The summed E-state index contributed by atoms with van der Waals surface area (Å²) in [6.45, 7) is 8.02. The van der Waals surface area contributed by atoms with Crippen molar-refractivity contribution in [3.63, 3.8) is 0 Å². The van der Waals surface area contributed by atoms with E-state index in [-0.39, 0.29) is 5.75 Å². The van der Waals surface area contributed by atoms with Crippen molar-refractivity contribution in [2.45, 2.75) is 20.4 Å². The van der Waals surface area contributed by atoms with Crippen LogP contribution in [0.4, 0.5) is 0 Å². The van der Waals surface area contributed by atoms with Crippen molar-refractivity contribution in [3.05, 3.63) is 35.2 Å². The van der Waals surface area contributed by atoms with Crippen LogP contribution in [-0.4, -0.2) is 41.5 Å². The second kappa shape index (κ2) is 5.87. The molecule has 0 unspecified atom stereocenters. The molecule has 0 atom stereocenters. The van der Waals surface area contributed by atoms with Gasteiger partial charge in [0.25, 0.3) is 0 Å². The Morgan fingerprint density at radius 1 is 1.19 bits per heavy atom. The number of rotatable bonds is 3. The lowest BCUT2D eigenvalue weighted by Gasteiger charge is -2.26. The highest BCUT2D eigenvalue weighted by Crippen LogP contribution is 2.31. The molecule has 21 heavy (non-hydrogen) atoms. The number of phenols is 1. The average molecular weight is 288 g/mol. The summed E-state index contributed by atoms with van der Waals surface area (Å²) in [7, 11) is 0. The van der Waals surface area contributed by atoms with Gasteiger partial charge in [-0.25, -0.2) is 0 Å². The second-order valence-corrected chi connectivity index (χ2v) is 5.48. The van der Waals surface area contributed by atoms with Gasteiger partial charge in [0.05, 0.1) is 18.9 Å². The van der Waals surface area contributed by atoms with E-state index in [0.717, 1.165) is 61.0 Å². The molecule has 2 heterocycles. The number of ether oxygens (including phenoxy) is 1. The fourth-order valence-electron chi connectivity index (χ4n) is 2.82. The summed E-state index contributed by atoms with van der Waals surface area (Å²) < 4.78 is 10.6. The van der Waals surface area contributed by atoms with Crippen LogP contribution >= 0.6 is 0 Å². The van der Waals surface area contributed by atoms with Gasteiger partial charge in [-0.05, 0) is 43.2 Å². The van der Waals surface area contributed by atoms with E-state index in [9.17, 15) is 5.11 Å². The van der Waals surface area contributed by atoms with Crippen LogP contribution in [0, 0.1) is 13.8 Å². The number of benzene rings is 1. The first-order chi connectivity index (χ1) is 10.1. The Labute approximate surface area is 124 Å². The summed E-state index contributed by atoms with van der Waals surface area (Å²) in [5.41, 5.74) is 3.85. The summed E-state index contributed by atoms with van der Waals surface area (Å²) in [5, 5.41) is 14.0. The molecule has 1 fully saturated rings. The minimum absolute atomic E-state index is 0.274. The highest BCUT2D eigenvalue weighted by atomic mass is 16.5. The first-order valence-corrected chi connectivity index (χ1v) is 7.20. The van der Waals surface area contributed by atoms with Gasteiger partial charge < -0.3 is 14.4 Å². The Bertz CT molecular complexity index is 611. The number of hydrogen-bond donors (Lipinski definition) is 1. The largest absolute Gasteiger partial charge is 0.508 e. The van der Waals surface area contributed by atoms with Gasteiger partial charge in [0.1, 0.15) is 11.5 Å². The van der Waals surface area contributed by atoms with Crippen LogP contribution in [0.1, 0.15) is 17.0 Å². The molecule has 0 amide bonds. The molecule has 0 aliphatic carbocycles. The number of hydrogen-bond acceptors (Lipinski definition) is 5. The van der Waals surface area contributed by atoms with E-state index in [0.29, 0.717) is 0 Å². The Kier molecular flexibility index (Phi) is 3.94. The van der Waals surface area contributed by atoms with E-state index < -0.39 is 0 Å². The molecule has 112 valence electrons. The molecule has 0 radical (unpaired) electrons. The third-order valence-corrected chi connectivity index (χ3v) is 3.81. The van der Waals surface area contributed by atoms with Crippen LogP contribution in [0.25, 0.3) is 11.1 Å². The Hall–Kier alpha value is -1.85. The fourth-order valence-corrected chi connectivity index (χ4v) is 2.82. The zero-order valence-corrected chi connectivity index (χ0v) is 12.4. The smallest absolute Gasteiger partial charge is 0.141 e. The summed E-state index contributed by atoms with van der Waals surface area (Å²) in [4.78, 5) is 2.33. The Morgan fingerprint density at radius 2 is 1.95 bits per heavy atom. The molecule has 1 aliphatic rings. The molecule has 5 heteroatoms. The lowest BCUT2D eigenvalue weighted by molar-refractivity contribution is 0.0342. The van der Waals surface area contributed by atoms with E-state index in [2.05, 4.69) is 16.1 Å². The van der Waals surface area contributed by atoms with Gasteiger partial charge in [0.15, 0.2) is 0 Å². The molecule has 5 nitrogen and oxygen atoms in total. The van der Waals surface area contributed by atoms with E-state index in [1.165, 1.54) is 0 Å². The van der Waals surface area contributed by atoms with Gasteiger partial charge >= 0.3 is 0 Å². The SMILES string of the molecule is Cc1noc(C)c1-c1cc(O)cc(CN2CCOCC2)c1. The zero-order valence-electron chi connectivity index (χ0n) is 12.4. The summed E-state index contributed by atoms with van der Waals surface area (Å²) >= 11 is 0. The average Bonchev–Trinajstić information content (AvgIpc) is 2.78. The topological polar surface area (TPSA) is 58.7 Å². The van der Waals surface area contributed by atoms with Crippen LogP contribution in [0.5, 0.6) is 5.75 Å². The standard InChI is InChI=1S/C16H20N2O3/c1-11-16(12(2)21-17-11)14-7-13(8-15(19)9-14)10-18-3-5-20-6-4-18/h7-9,19H,3-6,10H2,1-2H3. The van der Waals surface area contributed by atoms with Crippen molar-refractivity contribution in [3.8, 4) is 16.9 Å². The molecule has 1 aromatic heterocycles. The maximum absolute atomic E-state index is 10.0. The maximum Gasteiger partial charge on any atom is 0.141 e. The summed E-state index contributed by atoms with van der Waals surface area (Å²) in [6.07, 6.45) is 0. The highest BCUT2D eigenvalue weighted by Gasteiger charge is 2.15. The van der Waals surface area contributed by atoms with Gasteiger partial charge in [-0.15, -0.1) is 0 Å². The van der Waals surface area contributed by atoms with Crippen LogP contribution < -0.4 is 0 Å².